The number of esters is 1. The standard InChI is InChI=1S/C14H16N4O2/c1-18(2)13-8-12(15-9-16-13)17-11-6-4-5-10(7-11)14(19)20-3/h4-9H,1-3H3,(H,15,16,17). The van der Waals surface area contributed by atoms with E-state index in [1.54, 1.807) is 18.2 Å². The van der Waals surface area contributed by atoms with E-state index < -0.39 is 0 Å². The van der Waals surface area contributed by atoms with Crippen LogP contribution in [0.5, 0.6) is 0 Å². The minimum Gasteiger partial charge on any atom is -0.465 e. The van der Waals surface area contributed by atoms with Gasteiger partial charge in [0.05, 0.1) is 12.7 Å². The summed E-state index contributed by atoms with van der Waals surface area (Å²) in [5, 5.41) is 3.13. The predicted molar refractivity (Wildman–Crippen MR) is 77.4 cm³/mol. The van der Waals surface area contributed by atoms with E-state index in [1.807, 2.05) is 31.1 Å². The minimum atomic E-state index is -0.370. The van der Waals surface area contributed by atoms with Crippen LogP contribution in [-0.4, -0.2) is 37.1 Å². The van der Waals surface area contributed by atoms with Crippen molar-refractivity contribution in [3.63, 3.8) is 0 Å². The normalized spacial score (nSPS) is 9.95. The van der Waals surface area contributed by atoms with Gasteiger partial charge < -0.3 is 15.0 Å². The number of nitrogens with zero attached hydrogens (tertiary/aromatic N) is 3. The number of nitrogens with one attached hydrogen (secondary N) is 1. The van der Waals surface area contributed by atoms with Crippen molar-refractivity contribution in [3.8, 4) is 0 Å². The van der Waals surface area contributed by atoms with Crippen molar-refractivity contribution >= 4 is 23.3 Å². The molecule has 20 heavy (non-hydrogen) atoms. The van der Waals surface area contributed by atoms with Crippen molar-refractivity contribution < 1.29 is 9.53 Å². The van der Waals surface area contributed by atoms with E-state index in [4.69, 9.17) is 4.74 Å². The SMILES string of the molecule is COC(=O)c1cccc(Nc2cc(N(C)C)ncn2)c1. The molecule has 1 aromatic carbocycles. The van der Waals surface area contributed by atoms with Crippen LogP contribution in [-0.2, 0) is 4.74 Å². The van der Waals surface area contributed by atoms with Crippen LogP contribution in [0.25, 0.3) is 0 Å². The van der Waals surface area contributed by atoms with Gasteiger partial charge >= 0.3 is 5.97 Å². The first-order chi connectivity index (χ1) is 9.60. The lowest BCUT2D eigenvalue weighted by Gasteiger charge is -2.12. The highest BCUT2D eigenvalue weighted by Crippen LogP contribution is 2.18. The van der Waals surface area contributed by atoms with Gasteiger partial charge in [-0.1, -0.05) is 6.07 Å². The number of benzene rings is 1. The second-order valence-electron chi connectivity index (χ2n) is 4.35. The Bertz CT molecular complexity index is 614. The number of carbonyl (C=O) groups excluding carboxylic acids is 1. The van der Waals surface area contributed by atoms with E-state index in [-0.39, 0.29) is 5.97 Å². The number of anilines is 3. The Morgan fingerprint density at radius 1 is 1.25 bits per heavy atom. The number of hydrogen-bond acceptors (Lipinski definition) is 6. The molecule has 0 saturated carbocycles. The van der Waals surface area contributed by atoms with Gasteiger partial charge in [0.15, 0.2) is 0 Å². The molecule has 0 aliphatic heterocycles. The van der Waals surface area contributed by atoms with Gasteiger partial charge in [0.2, 0.25) is 0 Å². The first-order valence-corrected chi connectivity index (χ1v) is 6.05. The van der Waals surface area contributed by atoms with Crippen molar-refractivity contribution in [2.45, 2.75) is 0 Å². The second kappa shape index (κ2) is 6.01. The van der Waals surface area contributed by atoms with Gasteiger partial charge in [-0.2, -0.15) is 0 Å². The zero-order valence-corrected chi connectivity index (χ0v) is 11.6. The molecule has 1 N–H and O–H groups in total. The summed E-state index contributed by atoms with van der Waals surface area (Å²) in [6.07, 6.45) is 1.49. The molecule has 0 amide bonds. The summed E-state index contributed by atoms with van der Waals surface area (Å²) >= 11 is 0. The number of ether oxygens (including phenoxy) is 1. The number of carbonyl (C=O) groups is 1. The molecule has 0 aliphatic rings. The van der Waals surface area contributed by atoms with Crippen LogP contribution in [0.2, 0.25) is 0 Å². The lowest BCUT2D eigenvalue weighted by Crippen LogP contribution is -2.11. The lowest BCUT2D eigenvalue weighted by molar-refractivity contribution is 0.0601. The molecule has 0 aliphatic carbocycles. The molecule has 2 aromatic rings. The van der Waals surface area contributed by atoms with Crippen molar-refractivity contribution in [2.24, 2.45) is 0 Å². The summed E-state index contributed by atoms with van der Waals surface area (Å²) in [4.78, 5) is 21.7. The summed E-state index contributed by atoms with van der Waals surface area (Å²) in [6, 6.07) is 8.86. The largest absolute Gasteiger partial charge is 0.465 e. The number of hydrogen-bond donors (Lipinski definition) is 1. The van der Waals surface area contributed by atoms with E-state index in [0.717, 1.165) is 11.5 Å². The molecule has 2 rings (SSSR count). The van der Waals surface area contributed by atoms with Crippen LogP contribution < -0.4 is 10.2 Å². The van der Waals surface area contributed by atoms with E-state index >= 15 is 0 Å². The van der Waals surface area contributed by atoms with E-state index in [1.165, 1.54) is 13.4 Å². The number of aromatic nitrogens is 2. The molecule has 104 valence electrons. The predicted octanol–water partition coefficient (Wildman–Crippen LogP) is 2.07. The highest BCUT2D eigenvalue weighted by molar-refractivity contribution is 5.90. The fraction of sp³-hybridized carbons (Fsp3) is 0.214. The Kier molecular flexibility index (Phi) is 4.14. The summed E-state index contributed by atoms with van der Waals surface area (Å²) in [7, 11) is 5.17. The van der Waals surface area contributed by atoms with Crippen LogP contribution in [0.4, 0.5) is 17.3 Å². The summed E-state index contributed by atoms with van der Waals surface area (Å²) in [5.41, 5.74) is 1.25. The van der Waals surface area contributed by atoms with Gasteiger partial charge in [-0.25, -0.2) is 14.8 Å². The molecule has 0 bridgehead atoms. The van der Waals surface area contributed by atoms with Crippen molar-refractivity contribution in [1.82, 2.24) is 9.97 Å². The molecule has 1 aromatic heterocycles. The first-order valence-electron chi connectivity index (χ1n) is 6.05. The topological polar surface area (TPSA) is 67.3 Å². The second-order valence-corrected chi connectivity index (χ2v) is 4.35. The third-order valence-corrected chi connectivity index (χ3v) is 2.67. The van der Waals surface area contributed by atoms with E-state index in [2.05, 4.69) is 15.3 Å². The molecule has 0 spiro atoms. The summed E-state index contributed by atoms with van der Waals surface area (Å²) < 4.78 is 4.69. The zero-order chi connectivity index (χ0) is 14.5. The van der Waals surface area contributed by atoms with Crippen LogP contribution >= 0.6 is 0 Å². The van der Waals surface area contributed by atoms with Crippen LogP contribution in [0.3, 0.4) is 0 Å². The highest BCUT2D eigenvalue weighted by atomic mass is 16.5. The maximum absolute atomic E-state index is 11.5. The molecule has 6 heteroatoms. The summed E-state index contributed by atoms with van der Waals surface area (Å²) in [5.74, 6) is 1.09. The molecule has 0 saturated heterocycles. The number of methoxy groups -OCH3 is 1. The van der Waals surface area contributed by atoms with Gasteiger partial charge in [-0.15, -0.1) is 0 Å². The first kappa shape index (κ1) is 13.8. The van der Waals surface area contributed by atoms with Gasteiger partial charge in [0.25, 0.3) is 0 Å². The average molecular weight is 272 g/mol. The van der Waals surface area contributed by atoms with Crippen molar-refractivity contribution in [2.75, 3.05) is 31.4 Å². The van der Waals surface area contributed by atoms with Crippen molar-refractivity contribution in [3.05, 3.63) is 42.2 Å². The van der Waals surface area contributed by atoms with Crippen LogP contribution in [0, 0.1) is 0 Å². The Morgan fingerprint density at radius 2 is 2.05 bits per heavy atom. The monoisotopic (exact) mass is 272 g/mol. The van der Waals surface area contributed by atoms with Crippen molar-refractivity contribution in [1.29, 1.82) is 0 Å². The fourth-order valence-corrected chi connectivity index (χ4v) is 1.65. The average Bonchev–Trinajstić information content (AvgIpc) is 2.47. The molecular formula is C14H16N4O2. The fourth-order valence-electron chi connectivity index (χ4n) is 1.65. The third-order valence-electron chi connectivity index (χ3n) is 2.67. The van der Waals surface area contributed by atoms with Gasteiger partial charge in [0.1, 0.15) is 18.0 Å². The molecule has 0 unspecified atom stereocenters. The zero-order valence-electron chi connectivity index (χ0n) is 11.6. The molecule has 0 radical (unpaired) electrons. The molecule has 0 fully saturated rings. The van der Waals surface area contributed by atoms with E-state index in [9.17, 15) is 4.79 Å². The smallest absolute Gasteiger partial charge is 0.337 e. The maximum Gasteiger partial charge on any atom is 0.337 e. The third kappa shape index (κ3) is 3.23. The van der Waals surface area contributed by atoms with Crippen LogP contribution in [0.15, 0.2) is 36.7 Å². The molecule has 1 heterocycles. The quantitative estimate of drug-likeness (QED) is 0.859. The highest BCUT2D eigenvalue weighted by Gasteiger charge is 2.06. The maximum atomic E-state index is 11.5. The molecular weight excluding hydrogens is 256 g/mol. The van der Waals surface area contributed by atoms with Crippen LogP contribution in [0.1, 0.15) is 10.4 Å². The Balaban J connectivity index is 2.21. The van der Waals surface area contributed by atoms with Gasteiger partial charge in [-0.05, 0) is 18.2 Å². The minimum absolute atomic E-state index is 0.370. The number of rotatable bonds is 4. The summed E-state index contributed by atoms with van der Waals surface area (Å²) in [6.45, 7) is 0. The Hall–Kier alpha value is -2.63. The molecule has 6 nitrogen and oxygen atoms in total. The molecule has 0 atom stereocenters. The lowest BCUT2D eigenvalue weighted by atomic mass is 10.2. The van der Waals surface area contributed by atoms with E-state index in [0.29, 0.717) is 11.4 Å². The Labute approximate surface area is 117 Å². The van der Waals surface area contributed by atoms with Gasteiger partial charge in [-0.3, -0.25) is 0 Å². The Morgan fingerprint density at radius 3 is 2.75 bits per heavy atom. The van der Waals surface area contributed by atoms with Gasteiger partial charge in [0, 0.05) is 25.8 Å².